The van der Waals surface area contributed by atoms with E-state index < -0.39 is 23.3 Å². The fraction of sp³-hybridized carbons (Fsp3) is 0.235. The molecule has 4 nitrogen and oxygen atoms in total. The molecule has 0 saturated carbocycles. The molecule has 2 aromatic rings. The molecule has 0 fully saturated rings. The van der Waals surface area contributed by atoms with Crippen LogP contribution in [0.15, 0.2) is 41.4 Å². The summed E-state index contributed by atoms with van der Waals surface area (Å²) in [6.07, 6.45) is 0. The lowest BCUT2D eigenvalue weighted by atomic mass is 10.2. The number of hydrogen-bond donors (Lipinski definition) is 2. The highest BCUT2D eigenvalue weighted by Gasteiger charge is 2.06. The van der Waals surface area contributed by atoms with Crippen LogP contribution in [0.1, 0.15) is 5.56 Å². The topological polar surface area (TPSA) is 45.7 Å². The number of nitrogens with zero attached hydrogens (tertiary/aromatic N) is 1. The summed E-state index contributed by atoms with van der Waals surface area (Å²) in [6.45, 7) is 0.399. The number of aliphatic imine (C=N–C) groups is 1. The Morgan fingerprint density at radius 3 is 2.40 bits per heavy atom. The lowest BCUT2D eigenvalue weighted by Gasteiger charge is -2.13. The first-order valence-electron chi connectivity index (χ1n) is 7.46. The van der Waals surface area contributed by atoms with Gasteiger partial charge in [0.25, 0.3) is 0 Å². The van der Waals surface area contributed by atoms with Crippen molar-refractivity contribution in [1.29, 1.82) is 0 Å². The van der Waals surface area contributed by atoms with Gasteiger partial charge in [-0.15, -0.1) is 0 Å². The predicted octanol–water partition coefficient (Wildman–Crippen LogP) is 2.99. The van der Waals surface area contributed by atoms with Gasteiger partial charge in [0, 0.05) is 25.2 Å². The SMILES string of the molecule is CN=C(NCCOc1ccc(F)cc1F)NCc1cc(F)ccc1F. The van der Waals surface area contributed by atoms with Crippen LogP contribution in [0.25, 0.3) is 0 Å². The van der Waals surface area contributed by atoms with Gasteiger partial charge in [-0.05, 0) is 30.3 Å². The maximum atomic E-state index is 13.5. The van der Waals surface area contributed by atoms with Crippen molar-refractivity contribution in [1.82, 2.24) is 10.6 Å². The first-order valence-corrected chi connectivity index (χ1v) is 7.46. The van der Waals surface area contributed by atoms with Crippen molar-refractivity contribution in [2.24, 2.45) is 4.99 Å². The molecular formula is C17H17F4N3O. The molecule has 2 aromatic carbocycles. The van der Waals surface area contributed by atoms with E-state index in [1.165, 1.54) is 13.1 Å². The van der Waals surface area contributed by atoms with Gasteiger partial charge in [-0.2, -0.15) is 0 Å². The fourth-order valence-corrected chi connectivity index (χ4v) is 2.00. The van der Waals surface area contributed by atoms with Gasteiger partial charge < -0.3 is 15.4 Å². The molecule has 2 rings (SSSR count). The molecule has 25 heavy (non-hydrogen) atoms. The standard InChI is InChI=1S/C17H17F4N3O/c1-22-17(24-10-11-8-12(18)2-4-14(11)20)23-6-7-25-16-5-3-13(19)9-15(16)21/h2-5,8-9H,6-7,10H2,1H3,(H2,22,23,24). The van der Waals surface area contributed by atoms with Crippen molar-refractivity contribution in [3.8, 4) is 5.75 Å². The number of guanidine groups is 1. The van der Waals surface area contributed by atoms with E-state index in [-0.39, 0.29) is 31.0 Å². The van der Waals surface area contributed by atoms with Crippen molar-refractivity contribution in [3.05, 3.63) is 65.2 Å². The minimum Gasteiger partial charge on any atom is -0.489 e. The number of hydrogen-bond acceptors (Lipinski definition) is 2. The quantitative estimate of drug-likeness (QED) is 0.362. The second-order valence-corrected chi connectivity index (χ2v) is 5.01. The van der Waals surface area contributed by atoms with Gasteiger partial charge in [-0.1, -0.05) is 0 Å². The van der Waals surface area contributed by atoms with Crippen LogP contribution in [-0.4, -0.2) is 26.2 Å². The summed E-state index contributed by atoms with van der Waals surface area (Å²) in [5, 5.41) is 5.70. The van der Waals surface area contributed by atoms with Crippen LogP contribution in [0, 0.1) is 23.3 Å². The van der Waals surface area contributed by atoms with Gasteiger partial charge in [0.15, 0.2) is 17.5 Å². The Bertz CT molecular complexity index is 753. The van der Waals surface area contributed by atoms with E-state index in [0.29, 0.717) is 5.96 Å². The smallest absolute Gasteiger partial charge is 0.191 e. The van der Waals surface area contributed by atoms with Gasteiger partial charge in [0.1, 0.15) is 24.1 Å². The Hall–Kier alpha value is -2.77. The zero-order valence-corrected chi connectivity index (χ0v) is 13.5. The molecule has 0 unspecified atom stereocenters. The molecule has 134 valence electrons. The average molecular weight is 355 g/mol. The van der Waals surface area contributed by atoms with Crippen LogP contribution in [-0.2, 0) is 6.54 Å². The van der Waals surface area contributed by atoms with Crippen LogP contribution < -0.4 is 15.4 Å². The average Bonchev–Trinajstić information content (AvgIpc) is 2.58. The Kier molecular flexibility index (Phi) is 6.62. The summed E-state index contributed by atoms with van der Waals surface area (Å²) in [7, 11) is 1.51. The Labute approximate surface area is 142 Å². The van der Waals surface area contributed by atoms with E-state index in [1.807, 2.05) is 0 Å². The number of halogens is 4. The largest absolute Gasteiger partial charge is 0.489 e. The van der Waals surface area contributed by atoms with E-state index in [9.17, 15) is 17.6 Å². The number of ether oxygens (including phenoxy) is 1. The highest BCUT2D eigenvalue weighted by molar-refractivity contribution is 5.79. The lowest BCUT2D eigenvalue weighted by Crippen LogP contribution is -2.39. The van der Waals surface area contributed by atoms with Crippen molar-refractivity contribution in [2.75, 3.05) is 20.2 Å². The van der Waals surface area contributed by atoms with Gasteiger partial charge in [0.2, 0.25) is 0 Å². The van der Waals surface area contributed by atoms with Crippen molar-refractivity contribution < 1.29 is 22.3 Å². The molecule has 0 aromatic heterocycles. The van der Waals surface area contributed by atoms with Crippen LogP contribution in [0.3, 0.4) is 0 Å². The second-order valence-electron chi connectivity index (χ2n) is 5.01. The molecule has 0 radical (unpaired) electrons. The third-order valence-electron chi connectivity index (χ3n) is 3.22. The third-order valence-corrected chi connectivity index (χ3v) is 3.22. The predicted molar refractivity (Wildman–Crippen MR) is 86.4 cm³/mol. The van der Waals surface area contributed by atoms with E-state index in [4.69, 9.17) is 4.74 Å². The van der Waals surface area contributed by atoms with Gasteiger partial charge in [-0.3, -0.25) is 4.99 Å². The minimum atomic E-state index is -0.788. The van der Waals surface area contributed by atoms with Crippen LogP contribution in [0.2, 0.25) is 0 Å². The highest BCUT2D eigenvalue weighted by atomic mass is 19.1. The molecule has 0 aliphatic heterocycles. The summed E-state index contributed by atoms with van der Waals surface area (Å²) in [6, 6.07) is 6.21. The molecule has 2 N–H and O–H groups in total. The second kappa shape index (κ2) is 8.91. The first-order chi connectivity index (χ1) is 12.0. The molecule has 0 amide bonds. The molecule has 0 atom stereocenters. The maximum Gasteiger partial charge on any atom is 0.191 e. The van der Waals surface area contributed by atoms with Crippen LogP contribution >= 0.6 is 0 Å². The molecule has 0 saturated heterocycles. The van der Waals surface area contributed by atoms with E-state index >= 15 is 0 Å². The van der Waals surface area contributed by atoms with E-state index in [0.717, 1.165) is 30.3 Å². The zero-order valence-electron chi connectivity index (χ0n) is 13.5. The Balaban J connectivity index is 1.77. The lowest BCUT2D eigenvalue weighted by molar-refractivity contribution is 0.304. The van der Waals surface area contributed by atoms with Gasteiger partial charge >= 0.3 is 0 Å². The van der Waals surface area contributed by atoms with E-state index in [2.05, 4.69) is 15.6 Å². The molecule has 0 aliphatic rings. The first kappa shape index (κ1) is 18.6. The summed E-state index contributed by atoms with van der Waals surface area (Å²) in [4.78, 5) is 3.93. The summed E-state index contributed by atoms with van der Waals surface area (Å²) in [5.41, 5.74) is 0.160. The molecule has 0 aliphatic carbocycles. The summed E-state index contributed by atoms with van der Waals surface area (Å²) < 4.78 is 58.0. The van der Waals surface area contributed by atoms with Gasteiger partial charge in [-0.25, -0.2) is 17.6 Å². The van der Waals surface area contributed by atoms with Crippen molar-refractivity contribution >= 4 is 5.96 Å². The normalized spacial score (nSPS) is 11.3. The summed E-state index contributed by atoms with van der Waals surface area (Å²) in [5.74, 6) is -2.25. The number of benzene rings is 2. The number of rotatable bonds is 6. The zero-order chi connectivity index (χ0) is 18.2. The molecule has 0 heterocycles. The molecule has 0 bridgehead atoms. The Morgan fingerprint density at radius 1 is 0.960 bits per heavy atom. The van der Waals surface area contributed by atoms with Crippen molar-refractivity contribution in [3.63, 3.8) is 0 Å². The highest BCUT2D eigenvalue weighted by Crippen LogP contribution is 2.17. The monoisotopic (exact) mass is 355 g/mol. The maximum absolute atomic E-state index is 13.5. The molecule has 8 heteroatoms. The van der Waals surface area contributed by atoms with Gasteiger partial charge in [0.05, 0.1) is 6.54 Å². The fourth-order valence-electron chi connectivity index (χ4n) is 2.00. The minimum absolute atomic E-state index is 0.0384. The third kappa shape index (κ3) is 5.66. The molecule has 0 spiro atoms. The summed E-state index contributed by atoms with van der Waals surface area (Å²) >= 11 is 0. The van der Waals surface area contributed by atoms with Crippen molar-refractivity contribution in [2.45, 2.75) is 6.54 Å². The number of nitrogens with one attached hydrogen (secondary N) is 2. The molecular weight excluding hydrogens is 338 g/mol. The van der Waals surface area contributed by atoms with E-state index in [1.54, 1.807) is 0 Å². The Morgan fingerprint density at radius 2 is 1.68 bits per heavy atom. The van der Waals surface area contributed by atoms with Crippen LogP contribution in [0.4, 0.5) is 17.6 Å². The van der Waals surface area contributed by atoms with Crippen LogP contribution in [0.5, 0.6) is 5.75 Å².